The van der Waals surface area contributed by atoms with Gasteiger partial charge in [-0.15, -0.1) is 0 Å². The Bertz CT molecular complexity index is 1650. The maximum absolute atomic E-state index is 16.0. The fourth-order valence-electron chi connectivity index (χ4n) is 6.02. The monoisotopic (exact) mass is 597 g/mol. The lowest BCUT2D eigenvalue weighted by Gasteiger charge is -2.48. The number of carbonyl (C=O) groups excluding carboxylic acids is 2. The molecule has 10 heteroatoms. The third kappa shape index (κ3) is 5.26. The number of rotatable bonds is 7. The van der Waals surface area contributed by atoms with Crippen molar-refractivity contribution in [2.75, 3.05) is 11.5 Å². The molecular weight excluding hydrogens is 567 g/mol. The summed E-state index contributed by atoms with van der Waals surface area (Å²) in [6.07, 6.45) is 3.12. The van der Waals surface area contributed by atoms with Crippen LogP contribution >= 0.6 is 11.6 Å². The van der Waals surface area contributed by atoms with Gasteiger partial charge in [-0.05, 0) is 81.5 Å². The molecule has 0 saturated heterocycles. The van der Waals surface area contributed by atoms with Crippen LogP contribution in [0.15, 0.2) is 54.6 Å². The number of halogens is 4. The molecule has 1 fully saturated rings. The van der Waals surface area contributed by atoms with Crippen LogP contribution in [0.4, 0.5) is 18.9 Å². The molecule has 1 aliphatic rings. The van der Waals surface area contributed by atoms with Gasteiger partial charge in [-0.2, -0.15) is 0 Å². The Labute approximate surface area is 247 Å². The second-order valence-electron chi connectivity index (χ2n) is 10.6. The largest absolute Gasteiger partial charge is 0.466 e. The zero-order chi connectivity index (χ0) is 30.2. The topological polar surface area (TPSA) is 64.4 Å². The maximum atomic E-state index is 16.0. The predicted octanol–water partition coefficient (Wildman–Crippen LogP) is 8.11. The van der Waals surface area contributed by atoms with Crippen LogP contribution in [0.3, 0.4) is 0 Å². The van der Waals surface area contributed by atoms with Gasteiger partial charge >= 0.3 is 5.97 Å². The van der Waals surface area contributed by atoms with Crippen molar-refractivity contribution < 1.29 is 27.5 Å². The van der Waals surface area contributed by atoms with Crippen LogP contribution in [0.1, 0.15) is 64.4 Å². The minimum Gasteiger partial charge on any atom is -0.466 e. The van der Waals surface area contributed by atoms with E-state index in [0.29, 0.717) is 47.7 Å². The average molecular weight is 598 g/mol. The van der Waals surface area contributed by atoms with Gasteiger partial charge in [0.05, 0.1) is 29.2 Å². The smallest absolute Gasteiger partial charge is 0.313 e. The molecular formula is C32H31ClF3N3O3. The first-order valence-corrected chi connectivity index (χ1v) is 14.4. The van der Waals surface area contributed by atoms with Crippen molar-refractivity contribution in [2.45, 2.75) is 64.5 Å². The van der Waals surface area contributed by atoms with Crippen molar-refractivity contribution in [1.29, 1.82) is 0 Å². The highest BCUT2D eigenvalue weighted by atomic mass is 35.5. The highest BCUT2D eigenvalue weighted by molar-refractivity contribution is 6.30. The lowest BCUT2D eigenvalue weighted by molar-refractivity contribution is -0.144. The van der Waals surface area contributed by atoms with Gasteiger partial charge in [0.15, 0.2) is 11.6 Å². The van der Waals surface area contributed by atoms with Gasteiger partial charge < -0.3 is 4.74 Å². The number of carbonyl (C=O) groups is 2. The van der Waals surface area contributed by atoms with Gasteiger partial charge in [0.25, 0.3) is 0 Å². The van der Waals surface area contributed by atoms with Crippen LogP contribution in [0.2, 0.25) is 5.02 Å². The molecule has 0 aliphatic heterocycles. The summed E-state index contributed by atoms with van der Waals surface area (Å²) in [6, 6.07) is 13.3. The highest BCUT2D eigenvalue weighted by Gasteiger charge is 2.45. The third-order valence-corrected chi connectivity index (χ3v) is 8.21. The van der Waals surface area contributed by atoms with E-state index in [1.54, 1.807) is 48.7 Å². The molecule has 0 radical (unpaired) electrons. The zero-order valence-electron chi connectivity index (χ0n) is 23.6. The summed E-state index contributed by atoms with van der Waals surface area (Å²) in [5.74, 6) is -4.07. The van der Waals surface area contributed by atoms with Crippen LogP contribution in [-0.2, 0) is 20.0 Å². The molecule has 1 atom stereocenters. The molecule has 220 valence electrons. The summed E-state index contributed by atoms with van der Waals surface area (Å²) in [7, 11) is 0. The molecule has 6 nitrogen and oxygen atoms in total. The molecule has 1 aliphatic carbocycles. The first-order valence-electron chi connectivity index (χ1n) is 14.0. The Hall–Kier alpha value is -3.85. The number of fused-ring (bicyclic) bond motifs is 1. The second-order valence-corrected chi connectivity index (χ2v) is 11.1. The Kier molecular flexibility index (Phi) is 8.32. The molecule has 0 N–H and O–H groups in total. The van der Waals surface area contributed by atoms with Gasteiger partial charge in [-0.25, -0.2) is 18.2 Å². The minimum absolute atomic E-state index is 0.00991. The number of hydrogen-bond donors (Lipinski definition) is 0. The molecule has 1 unspecified atom stereocenters. The van der Waals surface area contributed by atoms with E-state index in [2.05, 4.69) is 0 Å². The summed E-state index contributed by atoms with van der Waals surface area (Å²) in [5, 5.41) is 0.496. The van der Waals surface area contributed by atoms with Gasteiger partial charge in [-0.3, -0.25) is 19.1 Å². The minimum atomic E-state index is -1.20. The van der Waals surface area contributed by atoms with E-state index in [-0.39, 0.29) is 23.3 Å². The van der Waals surface area contributed by atoms with E-state index in [9.17, 15) is 18.4 Å². The second kappa shape index (κ2) is 11.8. The molecule has 1 amide bonds. The number of hydrogen-bond acceptors (Lipinski definition) is 4. The van der Waals surface area contributed by atoms with Crippen molar-refractivity contribution in [3.8, 4) is 11.4 Å². The van der Waals surface area contributed by atoms with E-state index in [4.69, 9.17) is 21.3 Å². The number of amides is 1. The Balaban J connectivity index is 1.76. The van der Waals surface area contributed by atoms with E-state index in [0.717, 1.165) is 18.6 Å². The summed E-state index contributed by atoms with van der Waals surface area (Å²) >= 11 is 6.15. The van der Waals surface area contributed by atoms with Crippen LogP contribution in [0.5, 0.6) is 0 Å². The Morgan fingerprint density at radius 3 is 2.29 bits per heavy atom. The molecule has 42 heavy (non-hydrogen) atoms. The SMILES string of the molecule is CCOC(=O)C(C)c1ccc(N(C(C)=O)C2(n3c(-c4ccc(Cl)cc4)nc4cc(F)c(F)cc43)CCCCC2)c(F)c1. The Morgan fingerprint density at radius 2 is 1.67 bits per heavy atom. The van der Waals surface area contributed by atoms with Gasteiger partial charge in [0.2, 0.25) is 5.91 Å². The molecule has 3 aromatic carbocycles. The third-order valence-electron chi connectivity index (χ3n) is 7.95. The number of imidazole rings is 1. The number of ether oxygens (including phenoxy) is 1. The van der Waals surface area contributed by atoms with Crippen molar-refractivity contribution in [3.05, 3.63) is 82.6 Å². The van der Waals surface area contributed by atoms with Crippen molar-refractivity contribution in [2.24, 2.45) is 0 Å². The first-order chi connectivity index (χ1) is 20.1. The number of benzene rings is 3. The summed E-state index contributed by atoms with van der Waals surface area (Å²) in [4.78, 5) is 32.0. The maximum Gasteiger partial charge on any atom is 0.313 e. The van der Waals surface area contributed by atoms with E-state index in [1.165, 1.54) is 24.0 Å². The fraction of sp³-hybridized carbons (Fsp3) is 0.344. The molecule has 1 aromatic heterocycles. The fourth-order valence-corrected chi connectivity index (χ4v) is 6.14. The lowest BCUT2D eigenvalue weighted by atomic mass is 9.85. The van der Waals surface area contributed by atoms with Crippen LogP contribution in [0.25, 0.3) is 22.4 Å². The van der Waals surface area contributed by atoms with E-state index < -0.39 is 40.9 Å². The predicted molar refractivity (Wildman–Crippen MR) is 156 cm³/mol. The number of aromatic nitrogens is 2. The van der Waals surface area contributed by atoms with Gasteiger partial charge in [-0.1, -0.05) is 24.1 Å². The standard InChI is InChI=1S/C32H31ClF3N3O3/c1-4-42-31(41)19(2)22-10-13-28(26(36)16-22)38(20(3)40)32(14-6-5-7-15-32)39-29-18-25(35)24(34)17-27(29)37-30(39)21-8-11-23(33)12-9-21/h8-13,16-19H,4-7,14-15H2,1-3H3. The van der Waals surface area contributed by atoms with E-state index >= 15 is 4.39 Å². The van der Waals surface area contributed by atoms with Crippen LogP contribution in [0, 0.1) is 17.5 Å². The number of esters is 1. The molecule has 4 aromatic rings. The van der Waals surface area contributed by atoms with Gasteiger partial charge in [0, 0.05) is 29.6 Å². The first kappa shape index (κ1) is 29.6. The molecule has 0 bridgehead atoms. The summed E-state index contributed by atoms with van der Waals surface area (Å²) in [6.45, 7) is 4.87. The van der Waals surface area contributed by atoms with Crippen molar-refractivity contribution >= 4 is 40.2 Å². The highest BCUT2D eigenvalue weighted by Crippen LogP contribution is 2.46. The van der Waals surface area contributed by atoms with E-state index in [1.807, 2.05) is 0 Å². The molecule has 1 heterocycles. The van der Waals surface area contributed by atoms with Gasteiger partial charge in [0.1, 0.15) is 17.3 Å². The molecule has 0 spiro atoms. The number of anilines is 1. The summed E-state index contributed by atoms with van der Waals surface area (Å²) < 4.78 is 52.1. The number of nitrogens with zero attached hydrogens (tertiary/aromatic N) is 3. The van der Waals surface area contributed by atoms with Crippen molar-refractivity contribution in [3.63, 3.8) is 0 Å². The van der Waals surface area contributed by atoms with Crippen LogP contribution in [-0.4, -0.2) is 28.0 Å². The lowest BCUT2D eigenvalue weighted by Crippen LogP contribution is -2.55. The molecule has 5 rings (SSSR count). The zero-order valence-corrected chi connectivity index (χ0v) is 24.4. The Morgan fingerprint density at radius 1 is 1.00 bits per heavy atom. The normalized spacial score (nSPS) is 15.4. The average Bonchev–Trinajstić information content (AvgIpc) is 3.33. The molecule has 1 saturated carbocycles. The summed E-state index contributed by atoms with van der Waals surface area (Å²) in [5.41, 5.74) is 0.307. The van der Waals surface area contributed by atoms with Crippen LogP contribution < -0.4 is 4.90 Å². The quantitative estimate of drug-likeness (QED) is 0.202. The van der Waals surface area contributed by atoms with Crippen molar-refractivity contribution in [1.82, 2.24) is 9.55 Å².